The molecule has 0 heterocycles. The molecule has 0 radical (unpaired) electrons. The molecule has 0 atom stereocenters. The molecular formula is C23H18ClN5O5. The molecule has 0 saturated heterocycles. The highest BCUT2D eigenvalue weighted by Crippen LogP contribution is 2.24. The molecule has 0 saturated carbocycles. The smallest absolute Gasteiger partial charge is 0.322 e. The number of carbonyl (C=O) groups is 3. The normalized spacial score (nSPS) is 10.5. The number of nitro benzene ring substituents is 1. The van der Waals surface area contributed by atoms with E-state index in [4.69, 9.17) is 11.6 Å². The first-order valence-corrected chi connectivity index (χ1v) is 10.2. The zero-order chi connectivity index (χ0) is 24.7. The number of para-hydroxylation sites is 1. The third kappa shape index (κ3) is 6.24. The van der Waals surface area contributed by atoms with Crippen molar-refractivity contribution >= 4 is 52.6 Å². The fraction of sp³-hybridized carbons (Fsp3) is 0.0435. The van der Waals surface area contributed by atoms with Gasteiger partial charge >= 0.3 is 11.8 Å². The number of nitrogens with zero attached hydrogens (tertiary/aromatic N) is 2. The second-order valence-electron chi connectivity index (χ2n) is 6.99. The Labute approximate surface area is 198 Å². The Kier molecular flexibility index (Phi) is 7.67. The van der Waals surface area contributed by atoms with Gasteiger partial charge in [0.05, 0.1) is 22.4 Å². The summed E-state index contributed by atoms with van der Waals surface area (Å²) in [6.45, 7) is 1.92. The van der Waals surface area contributed by atoms with E-state index in [2.05, 4.69) is 15.7 Å². The zero-order valence-corrected chi connectivity index (χ0v) is 18.5. The number of benzene rings is 3. The number of halogens is 1. The van der Waals surface area contributed by atoms with Crippen molar-refractivity contribution in [1.82, 2.24) is 5.43 Å². The highest BCUT2D eigenvalue weighted by atomic mass is 35.5. The predicted molar refractivity (Wildman–Crippen MR) is 128 cm³/mol. The van der Waals surface area contributed by atoms with Gasteiger partial charge in [-0.3, -0.25) is 24.5 Å². The Balaban J connectivity index is 1.64. The highest BCUT2D eigenvalue weighted by Gasteiger charge is 2.18. The lowest BCUT2D eigenvalue weighted by atomic mass is 10.1. The first-order valence-electron chi connectivity index (χ1n) is 9.80. The molecule has 0 aromatic heterocycles. The molecule has 3 N–H and O–H groups in total. The third-order valence-corrected chi connectivity index (χ3v) is 4.80. The summed E-state index contributed by atoms with van der Waals surface area (Å²) in [5, 5.41) is 19.6. The molecule has 34 heavy (non-hydrogen) atoms. The SMILES string of the molecule is Cc1ccc(NC(=O)c2ccccc2NC(=O)C(=O)NN=Cc2ccc(Cl)c([N+](=O)[O-])c2)cc1. The van der Waals surface area contributed by atoms with Crippen molar-refractivity contribution in [1.29, 1.82) is 0 Å². The molecule has 0 unspecified atom stereocenters. The Hall–Kier alpha value is -4.57. The number of nitro groups is 1. The van der Waals surface area contributed by atoms with Crippen molar-refractivity contribution in [3.05, 3.63) is 98.6 Å². The van der Waals surface area contributed by atoms with Crippen molar-refractivity contribution in [2.45, 2.75) is 6.92 Å². The van der Waals surface area contributed by atoms with Crippen molar-refractivity contribution in [2.24, 2.45) is 5.10 Å². The summed E-state index contributed by atoms with van der Waals surface area (Å²) in [7, 11) is 0. The van der Waals surface area contributed by atoms with Crippen LogP contribution in [-0.2, 0) is 9.59 Å². The van der Waals surface area contributed by atoms with E-state index < -0.39 is 22.6 Å². The lowest BCUT2D eigenvalue weighted by Gasteiger charge is -2.11. The van der Waals surface area contributed by atoms with Crippen molar-refractivity contribution in [3.63, 3.8) is 0 Å². The number of hydrazone groups is 1. The van der Waals surface area contributed by atoms with Crippen LogP contribution in [0.3, 0.4) is 0 Å². The molecule has 0 aliphatic carbocycles. The number of hydrogen-bond donors (Lipinski definition) is 3. The maximum absolute atomic E-state index is 12.7. The first kappa shape index (κ1) is 24.1. The second kappa shape index (κ2) is 10.8. The van der Waals surface area contributed by atoms with E-state index in [0.717, 1.165) is 11.8 Å². The summed E-state index contributed by atoms with van der Waals surface area (Å²) in [5.74, 6) is -2.63. The number of hydrogen-bond acceptors (Lipinski definition) is 6. The summed E-state index contributed by atoms with van der Waals surface area (Å²) in [4.78, 5) is 47.3. The van der Waals surface area contributed by atoms with Gasteiger partial charge in [0, 0.05) is 17.3 Å². The van der Waals surface area contributed by atoms with E-state index >= 15 is 0 Å². The van der Waals surface area contributed by atoms with E-state index in [1.807, 2.05) is 24.5 Å². The fourth-order valence-electron chi connectivity index (χ4n) is 2.77. The van der Waals surface area contributed by atoms with Crippen LogP contribution in [0.25, 0.3) is 0 Å². The molecule has 3 aromatic rings. The minimum atomic E-state index is -1.10. The summed E-state index contributed by atoms with van der Waals surface area (Å²) < 4.78 is 0. The Morgan fingerprint density at radius 1 is 0.971 bits per heavy atom. The third-order valence-electron chi connectivity index (χ3n) is 4.48. The van der Waals surface area contributed by atoms with Gasteiger partial charge in [0.15, 0.2) is 0 Å². The number of amides is 3. The number of nitrogens with one attached hydrogen (secondary N) is 3. The van der Waals surface area contributed by atoms with Crippen LogP contribution in [0, 0.1) is 17.0 Å². The van der Waals surface area contributed by atoms with Crippen LogP contribution in [0.2, 0.25) is 5.02 Å². The van der Waals surface area contributed by atoms with E-state index in [0.29, 0.717) is 5.69 Å². The molecule has 172 valence electrons. The zero-order valence-electron chi connectivity index (χ0n) is 17.7. The average molecular weight is 480 g/mol. The van der Waals surface area contributed by atoms with E-state index in [9.17, 15) is 24.5 Å². The quantitative estimate of drug-likeness (QED) is 0.212. The Morgan fingerprint density at radius 3 is 2.38 bits per heavy atom. The van der Waals surface area contributed by atoms with Gasteiger partial charge in [-0.05, 0) is 37.3 Å². The highest BCUT2D eigenvalue weighted by molar-refractivity contribution is 6.40. The molecule has 3 amide bonds. The van der Waals surface area contributed by atoms with Gasteiger partial charge in [-0.15, -0.1) is 0 Å². The van der Waals surface area contributed by atoms with Crippen LogP contribution in [0.5, 0.6) is 0 Å². The minimum absolute atomic E-state index is 0.0457. The minimum Gasteiger partial charge on any atom is -0.322 e. The number of carbonyl (C=O) groups excluding carboxylic acids is 3. The molecule has 0 aliphatic heterocycles. The fourth-order valence-corrected chi connectivity index (χ4v) is 2.96. The van der Waals surface area contributed by atoms with Crippen LogP contribution in [0.15, 0.2) is 71.8 Å². The molecule has 0 fully saturated rings. The van der Waals surface area contributed by atoms with E-state index in [1.54, 1.807) is 24.3 Å². The summed E-state index contributed by atoms with van der Waals surface area (Å²) in [5.41, 5.74) is 3.88. The molecule has 3 rings (SSSR count). The summed E-state index contributed by atoms with van der Waals surface area (Å²) in [6, 6.07) is 17.3. The Morgan fingerprint density at radius 2 is 1.68 bits per heavy atom. The van der Waals surface area contributed by atoms with Crippen LogP contribution in [-0.4, -0.2) is 28.9 Å². The van der Waals surface area contributed by atoms with Crippen molar-refractivity contribution in [3.8, 4) is 0 Å². The number of rotatable bonds is 6. The molecule has 0 aliphatic rings. The number of aryl methyl sites for hydroxylation is 1. The van der Waals surface area contributed by atoms with Gasteiger partial charge in [-0.2, -0.15) is 5.10 Å². The molecule has 11 heteroatoms. The lowest BCUT2D eigenvalue weighted by Crippen LogP contribution is -2.33. The van der Waals surface area contributed by atoms with Gasteiger partial charge in [-0.25, -0.2) is 5.43 Å². The van der Waals surface area contributed by atoms with Gasteiger partial charge in [0.1, 0.15) is 5.02 Å². The van der Waals surface area contributed by atoms with E-state index in [-0.39, 0.29) is 27.5 Å². The summed E-state index contributed by atoms with van der Waals surface area (Å²) >= 11 is 5.74. The van der Waals surface area contributed by atoms with Crippen LogP contribution in [0.4, 0.5) is 17.1 Å². The summed E-state index contributed by atoms with van der Waals surface area (Å²) in [6.07, 6.45) is 1.12. The van der Waals surface area contributed by atoms with Crippen LogP contribution < -0.4 is 16.1 Å². The predicted octanol–water partition coefficient (Wildman–Crippen LogP) is 3.90. The molecule has 3 aromatic carbocycles. The molecule has 0 bridgehead atoms. The lowest BCUT2D eigenvalue weighted by molar-refractivity contribution is -0.384. The second-order valence-corrected chi connectivity index (χ2v) is 7.39. The number of anilines is 2. The van der Waals surface area contributed by atoms with Gasteiger partial charge in [0.2, 0.25) is 0 Å². The van der Waals surface area contributed by atoms with Crippen molar-refractivity contribution < 1.29 is 19.3 Å². The first-order chi connectivity index (χ1) is 16.2. The van der Waals surface area contributed by atoms with Crippen LogP contribution in [0.1, 0.15) is 21.5 Å². The molecular weight excluding hydrogens is 462 g/mol. The van der Waals surface area contributed by atoms with Gasteiger partial charge in [0.25, 0.3) is 11.6 Å². The van der Waals surface area contributed by atoms with Gasteiger partial charge in [-0.1, -0.05) is 47.5 Å². The topological polar surface area (TPSA) is 143 Å². The maximum atomic E-state index is 12.7. The monoisotopic (exact) mass is 479 g/mol. The average Bonchev–Trinajstić information content (AvgIpc) is 2.81. The van der Waals surface area contributed by atoms with Crippen molar-refractivity contribution in [2.75, 3.05) is 10.6 Å². The van der Waals surface area contributed by atoms with Crippen LogP contribution >= 0.6 is 11.6 Å². The van der Waals surface area contributed by atoms with E-state index in [1.165, 1.54) is 30.3 Å². The molecule has 0 spiro atoms. The standard InChI is InChI=1S/C23H18ClN5O5/c1-14-6-9-16(10-7-14)26-21(30)17-4-2-3-5-19(17)27-22(31)23(32)28-25-13-15-8-11-18(24)20(12-15)29(33)34/h2-13H,1H3,(H,26,30)(H,27,31)(H,28,32). The maximum Gasteiger partial charge on any atom is 0.329 e. The van der Waals surface area contributed by atoms with Gasteiger partial charge < -0.3 is 10.6 Å². The molecule has 10 nitrogen and oxygen atoms in total. The Bertz CT molecular complexity index is 1290. The largest absolute Gasteiger partial charge is 0.329 e.